The summed E-state index contributed by atoms with van der Waals surface area (Å²) < 4.78 is 17.1. The van der Waals surface area contributed by atoms with Gasteiger partial charge in [-0.25, -0.2) is 0 Å². The van der Waals surface area contributed by atoms with Crippen LogP contribution in [0.3, 0.4) is 0 Å². The Balaban J connectivity index is 1.70. The quantitative estimate of drug-likeness (QED) is 0.435. The van der Waals surface area contributed by atoms with Crippen molar-refractivity contribution < 1.29 is 18.7 Å². The Morgan fingerprint density at radius 3 is 1.97 bits per heavy atom. The summed E-state index contributed by atoms with van der Waals surface area (Å²) in [6.07, 6.45) is 0. The van der Waals surface area contributed by atoms with E-state index < -0.39 is 12.0 Å². The molecule has 1 N–H and O–H groups in total. The first-order chi connectivity index (χ1) is 15.1. The molecule has 5 heteroatoms. The predicted molar refractivity (Wildman–Crippen MR) is 121 cm³/mol. The highest BCUT2D eigenvalue weighted by molar-refractivity contribution is 5.86. The predicted octanol–water partition coefficient (Wildman–Crippen LogP) is 5.46. The summed E-state index contributed by atoms with van der Waals surface area (Å²) in [5.41, 5.74) is 2.46. The molecule has 0 radical (unpaired) electrons. The van der Waals surface area contributed by atoms with Crippen molar-refractivity contribution in [3.05, 3.63) is 95.7 Å². The van der Waals surface area contributed by atoms with Crippen LogP contribution in [0.5, 0.6) is 11.5 Å². The van der Waals surface area contributed by atoms with E-state index in [2.05, 4.69) is 5.32 Å². The third-order valence-corrected chi connectivity index (χ3v) is 5.45. The van der Waals surface area contributed by atoms with Crippen molar-refractivity contribution in [2.24, 2.45) is 0 Å². The summed E-state index contributed by atoms with van der Waals surface area (Å²) in [6.45, 7) is 1.84. The number of amides is 1. The average molecular weight is 415 g/mol. The minimum absolute atomic E-state index is 0.152. The largest absolute Gasteiger partial charge is 0.496 e. The summed E-state index contributed by atoms with van der Waals surface area (Å²) in [5.74, 6) is 1.38. The Morgan fingerprint density at radius 1 is 0.839 bits per heavy atom. The van der Waals surface area contributed by atoms with Crippen LogP contribution in [0.2, 0.25) is 0 Å². The van der Waals surface area contributed by atoms with Crippen LogP contribution in [0.25, 0.3) is 11.0 Å². The van der Waals surface area contributed by atoms with Crippen LogP contribution in [-0.4, -0.2) is 20.1 Å². The number of fused-ring (bicyclic) bond motifs is 1. The van der Waals surface area contributed by atoms with Gasteiger partial charge in [0.05, 0.1) is 26.2 Å². The lowest BCUT2D eigenvalue weighted by Gasteiger charge is -2.24. The molecule has 1 amide bonds. The average Bonchev–Trinajstić information content (AvgIpc) is 3.26. The molecule has 31 heavy (non-hydrogen) atoms. The number of para-hydroxylation sites is 3. The van der Waals surface area contributed by atoms with E-state index in [0.29, 0.717) is 17.3 Å². The van der Waals surface area contributed by atoms with Crippen molar-refractivity contribution in [3.8, 4) is 11.5 Å². The van der Waals surface area contributed by atoms with Crippen LogP contribution in [-0.2, 0) is 4.79 Å². The van der Waals surface area contributed by atoms with Crippen molar-refractivity contribution in [1.82, 2.24) is 5.32 Å². The van der Waals surface area contributed by atoms with E-state index in [9.17, 15) is 4.79 Å². The number of rotatable bonds is 7. The number of furan rings is 1. The molecule has 0 saturated heterocycles. The molecule has 1 atom stereocenters. The highest BCUT2D eigenvalue weighted by Gasteiger charge is 2.27. The molecule has 0 saturated carbocycles. The van der Waals surface area contributed by atoms with Crippen molar-refractivity contribution in [1.29, 1.82) is 0 Å². The third kappa shape index (κ3) is 4.12. The molecule has 0 bridgehead atoms. The standard InChI is InChI=1S/C26H25NO4/c1-17(24-16-18-10-4-7-13-21(18)31-24)26(28)27-25(19-11-5-8-14-22(19)29-2)20-12-6-9-15-23(20)30-3/h4-17,25H,1-3H3,(H,27,28). The summed E-state index contributed by atoms with van der Waals surface area (Å²) in [4.78, 5) is 13.3. The zero-order valence-corrected chi connectivity index (χ0v) is 17.8. The van der Waals surface area contributed by atoms with Gasteiger partial charge in [0.15, 0.2) is 0 Å². The third-order valence-electron chi connectivity index (χ3n) is 5.45. The minimum atomic E-state index is -0.473. The molecular formula is C26H25NO4. The number of methoxy groups -OCH3 is 2. The fraction of sp³-hybridized carbons (Fsp3) is 0.192. The first kappa shape index (κ1) is 20.5. The van der Waals surface area contributed by atoms with Crippen LogP contribution in [0, 0.1) is 0 Å². The first-order valence-electron chi connectivity index (χ1n) is 10.2. The molecule has 4 rings (SSSR count). The van der Waals surface area contributed by atoms with Gasteiger partial charge in [0.2, 0.25) is 5.91 Å². The zero-order chi connectivity index (χ0) is 21.8. The van der Waals surface area contributed by atoms with Gasteiger partial charge in [-0.3, -0.25) is 4.79 Å². The van der Waals surface area contributed by atoms with E-state index in [1.54, 1.807) is 14.2 Å². The number of benzene rings is 3. The number of ether oxygens (including phenoxy) is 2. The molecule has 4 aromatic rings. The zero-order valence-electron chi connectivity index (χ0n) is 17.8. The van der Waals surface area contributed by atoms with Crippen molar-refractivity contribution in [2.75, 3.05) is 14.2 Å². The Morgan fingerprint density at radius 2 is 1.39 bits per heavy atom. The number of hydrogen-bond acceptors (Lipinski definition) is 4. The van der Waals surface area contributed by atoms with Crippen LogP contribution in [0.4, 0.5) is 0 Å². The maximum atomic E-state index is 13.3. The van der Waals surface area contributed by atoms with Gasteiger partial charge in [0.25, 0.3) is 0 Å². The molecule has 1 unspecified atom stereocenters. The van der Waals surface area contributed by atoms with Gasteiger partial charge in [-0.1, -0.05) is 54.6 Å². The van der Waals surface area contributed by atoms with Crippen LogP contribution in [0.15, 0.2) is 83.3 Å². The number of nitrogens with one attached hydrogen (secondary N) is 1. The molecule has 5 nitrogen and oxygen atoms in total. The van der Waals surface area contributed by atoms with Gasteiger partial charge in [-0.2, -0.15) is 0 Å². The first-order valence-corrected chi connectivity index (χ1v) is 10.2. The molecule has 0 spiro atoms. The molecule has 1 aromatic heterocycles. The fourth-order valence-electron chi connectivity index (χ4n) is 3.75. The minimum Gasteiger partial charge on any atom is -0.496 e. The molecule has 0 aliphatic rings. The van der Waals surface area contributed by atoms with E-state index in [1.807, 2.05) is 85.8 Å². The van der Waals surface area contributed by atoms with E-state index in [-0.39, 0.29) is 5.91 Å². The maximum Gasteiger partial charge on any atom is 0.231 e. The topological polar surface area (TPSA) is 60.7 Å². The lowest BCUT2D eigenvalue weighted by atomic mass is 9.95. The molecular weight excluding hydrogens is 390 g/mol. The Kier molecular flexibility index (Phi) is 5.94. The Labute approximate surface area is 181 Å². The summed E-state index contributed by atoms with van der Waals surface area (Å²) >= 11 is 0. The molecule has 3 aromatic carbocycles. The highest BCUT2D eigenvalue weighted by atomic mass is 16.5. The lowest BCUT2D eigenvalue weighted by molar-refractivity contribution is -0.123. The second kappa shape index (κ2) is 8.96. The molecule has 0 aliphatic carbocycles. The van der Waals surface area contributed by atoms with E-state index in [0.717, 1.165) is 22.1 Å². The second-order valence-electron chi connectivity index (χ2n) is 7.33. The monoisotopic (exact) mass is 415 g/mol. The van der Waals surface area contributed by atoms with E-state index >= 15 is 0 Å². The Hall–Kier alpha value is -3.73. The van der Waals surface area contributed by atoms with Crippen LogP contribution in [0.1, 0.15) is 35.8 Å². The molecule has 0 fully saturated rings. The summed E-state index contributed by atoms with van der Waals surface area (Å²) in [6, 6.07) is 24.5. The fourth-order valence-corrected chi connectivity index (χ4v) is 3.75. The maximum absolute atomic E-state index is 13.3. The van der Waals surface area contributed by atoms with E-state index in [4.69, 9.17) is 13.9 Å². The Bertz CT molecular complexity index is 1120. The highest BCUT2D eigenvalue weighted by Crippen LogP contribution is 2.35. The van der Waals surface area contributed by atoms with E-state index in [1.165, 1.54) is 0 Å². The smallest absolute Gasteiger partial charge is 0.231 e. The molecule has 1 heterocycles. The normalized spacial score (nSPS) is 12.0. The SMILES string of the molecule is COc1ccccc1C(NC(=O)C(C)c1cc2ccccc2o1)c1ccccc1OC. The van der Waals surface area contributed by atoms with Gasteiger partial charge < -0.3 is 19.2 Å². The van der Waals surface area contributed by atoms with Gasteiger partial charge >= 0.3 is 0 Å². The van der Waals surface area contributed by atoms with Crippen molar-refractivity contribution in [3.63, 3.8) is 0 Å². The number of carbonyl (C=O) groups is 1. The lowest BCUT2D eigenvalue weighted by Crippen LogP contribution is -2.33. The number of hydrogen-bond donors (Lipinski definition) is 1. The molecule has 0 aliphatic heterocycles. The van der Waals surface area contributed by atoms with Crippen molar-refractivity contribution in [2.45, 2.75) is 18.9 Å². The van der Waals surface area contributed by atoms with Gasteiger partial charge in [0.1, 0.15) is 22.8 Å². The van der Waals surface area contributed by atoms with Gasteiger partial charge in [0, 0.05) is 16.5 Å². The van der Waals surface area contributed by atoms with Crippen LogP contribution >= 0.6 is 0 Å². The van der Waals surface area contributed by atoms with Gasteiger partial charge in [-0.05, 0) is 31.2 Å². The summed E-state index contributed by atoms with van der Waals surface area (Å²) in [7, 11) is 3.24. The van der Waals surface area contributed by atoms with Crippen LogP contribution < -0.4 is 14.8 Å². The second-order valence-corrected chi connectivity index (χ2v) is 7.33. The van der Waals surface area contributed by atoms with Gasteiger partial charge in [-0.15, -0.1) is 0 Å². The number of carbonyl (C=O) groups excluding carboxylic acids is 1. The molecule has 158 valence electrons. The summed E-state index contributed by atoms with van der Waals surface area (Å²) in [5, 5.41) is 4.16. The van der Waals surface area contributed by atoms with Crippen molar-refractivity contribution >= 4 is 16.9 Å².